The number of aromatic nitrogens is 2. The molecule has 0 unspecified atom stereocenters. The quantitative estimate of drug-likeness (QED) is 0.628. The number of β-amino-alcohol motifs (C(OH)–C–C–N with tert-alkyl or cyclic N) is 1. The fourth-order valence-electron chi connectivity index (χ4n) is 3.57. The fourth-order valence-corrected chi connectivity index (χ4v) is 3.57. The summed E-state index contributed by atoms with van der Waals surface area (Å²) in [5, 5.41) is 14.1. The molecule has 0 amide bonds. The van der Waals surface area contributed by atoms with Crippen molar-refractivity contribution in [3.63, 3.8) is 0 Å². The van der Waals surface area contributed by atoms with E-state index in [1.165, 1.54) is 24.3 Å². The van der Waals surface area contributed by atoms with Gasteiger partial charge in [0.1, 0.15) is 11.5 Å². The van der Waals surface area contributed by atoms with E-state index in [2.05, 4.69) is 14.9 Å². The van der Waals surface area contributed by atoms with Crippen LogP contribution in [0, 0.1) is 0 Å². The summed E-state index contributed by atoms with van der Waals surface area (Å²) < 4.78 is 51.4. The molecule has 2 atom stereocenters. The Balaban J connectivity index is 1.48. The smallest absolute Gasteiger partial charge is 0.497 e. The van der Waals surface area contributed by atoms with Gasteiger partial charge < -0.3 is 19.1 Å². The molecule has 1 aliphatic rings. The van der Waals surface area contributed by atoms with Crippen molar-refractivity contribution in [3.8, 4) is 22.9 Å². The van der Waals surface area contributed by atoms with Gasteiger partial charge in [0.25, 0.3) is 0 Å². The number of aliphatic hydroxyl groups excluding tert-OH is 1. The number of rotatable bonds is 6. The molecule has 0 bridgehead atoms. The van der Waals surface area contributed by atoms with Crippen molar-refractivity contribution in [1.29, 1.82) is 0 Å². The van der Waals surface area contributed by atoms with Crippen molar-refractivity contribution >= 4 is 0 Å². The molecule has 2 heterocycles. The van der Waals surface area contributed by atoms with E-state index >= 15 is 0 Å². The van der Waals surface area contributed by atoms with Gasteiger partial charge in [-0.2, -0.15) is 4.98 Å². The Morgan fingerprint density at radius 3 is 2.42 bits per heavy atom. The number of ether oxygens (including phenoxy) is 2. The SMILES string of the molecule is COc1ccc(CN2C[C@H](O)C[C@H]2c2nc(-c3ccc(OC(F)(F)F)cc3)no2)cc1. The first-order chi connectivity index (χ1) is 14.8. The third kappa shape index (κ3) is 5.15. The second-order valence-electron chi connectivity index (χ2n) is 7.21. The number of aliphatic hydroxyl groups is 1. The summed E-state index contributed by atoms with van der Waals surface area (Å²) in [5.74, 6) is 1.02. The van der Waals surface area contributed by atoms with Gasteiger partial charge in [-0.25, -0.2) is 0 Å². The molecule has 0 saturated carbocycles. The Hall–Kier alpha value is -3.11. The van der Waals surface area contributed by atoms with E-state index in [1.807, 2.05) is 29.2 Å². The minimum absolute atomic E-state index is 0.249. The van der Waals surface area contributed by atoms with Crippen LogP contribution in [0.5, 0.6) is 11.5 Å². The minimum Gasteiger partial charge on any atom is -0.497 e. The Morgan fingerprint density at radius 1 is 1.10 bits per heavy atom. The summed E-state index contributed by atoms with van der Waals surface area (Å²) in [6.07, 6.45) is -4.84. The van der Waals surface area contributed by atoms with Crippen LogP contribution in [0.25, 0.3) is 11.4 Å². The van der Waals surface area contributed by atoms with E-state index in [9.17, 15) is 18.3 Å². The highest BCUT2D eigenvalue weighted by Crippen LogP contribution is 2.34. The van der Waals surface area contributed by atoms with Crippen LogP contribution in [-0.2, 0) is 6.54 Å². The molecule has 1 N–H and O–H groups in total. The van der Waals surface area contributed by atoms with E-state index in [0.29, 0.717) is 31.0 Å². The van der Waals surface area contributed by atoms with Crippen LogP contribution in [0.1, 0.15) is 23.9 Å². The molecule has 2 aromatic carbocycles. The van der Waals surface area contributed by atoms with Gasteiger partial charge in [-0.1, -0.05) is 17.3 Å². The largest absolute Gasteiger partial charge is 0.573 e. The molecule has 3 aromatic rings. The summed E-state index contributed by atoms with van der Waals surface area (Å²) in [4.78, 5) is 6.45. The van der Waals surface area contributed by atoms with Crippen molar-refractivity contribution in [2.24, 2.45) is 0 Å². The van der Waals surface area contributed by atoms with Crippen LogP contribution in [0.15, 0.2) is 53.1 Å². The standard InChI is InChI=1S/C21H20F3N3O4/c1-29-16-6-2-13(3-7-16)11-27-12-15(28)10-18(27)20-25-19(26-31-20)14-4-8-17(9-5-14)30-21(22,23)24/h2-9,15,18,28H,10-12H2,1H3/t15-,18+/m1/s1. The van der Waals surface area contributed by atoms with E-state index in [0.717, 1.165) is 11.3 Å². The maximum atomic E-state index is 12.3. The van der Waals surface area contributed by atoms with Gasteiger partial charge in [0.05, 0.1) is 19.3 Å². The normalized spacial score (nSPS) is 19.5. The van der Waals surface area contributed by atoms with Crippen LogP contribution in [0.3, 0.4) is 0 Å². The van der Waals surface area contributed by atoms with E-state index in [1.54, 1.807) is 7.11 Å². The van der Waals surface area contributed by atoms with Crippen molar-refractivity contribution in [2.75, 3.05) is 13.7 Å². The minimum atomic E-state index is -4.75. The summed E-state index contributed by atoms with van der Waals surface area (Å²) in [5.41, 5.74) is 1.53. The monoisotopic (exact) mass is 435 g/mol. The predicted molar refractivity (Wildman–Crippen MR) is 103 cm³/mol. The molecule has 1 saturated heterocycles. The van der Waals surface area contributed by atoms with Crippen molar-refractivity contribution in [1.82, 2.24) is 15.0 Å². The maximum absolute atomic E-state index is 12.3. The Bertz CT molecular complexity index is 1010. The number of alkyl halides is 3. The highest BCUT2D eigenvalue weighted by Gasteiger charge is 2.36. The summed E-state index contributed by atoms with van der Waals surface area (Å²) in [7, 11) is 1.60. The van der Waals surface area contributed by atoms with Gasteiger partial charge in [0.2, 0.25) is 11.7 Å². The van der Waals surface area contributed by atoms with Crippen LogP contribution < -0.4 is 9.47 Å². The first-order valence-corrected chi connectivity index (χ1v) is 9.55. The number of hydrogen-bond donors (Lipinski definition) is 1. The second kappa shape index (κ2) is 8.56. The number of likely N-dealkylation sites (tertiary alicyclic amines) is 1. The molecule has 0 spiro atoms. The Morgan fingerprint density at radius 2 is 1.77 bits per heavy atom. The molecule has 0 radical (unpaired) electrons. The predicted octanol–water partition coefficient (Wildman–Crippen LogP) is 3.95. The molecule has 0 aliphatic carbocycles. The maximum Gasteiger partial charge on any atom is 0.573 e. The molecule has 7 nitrogen and oxygen atoms in total. The first-order valence-electron chi connectivity index (χ1n) is 9.55. The summed E-state index contributed by atoms with van der Waals surface area (Å²) >= 11 is 0. The molecule has 1 fully saturated rings. The number of benzene rings is 2. The van der Waals surface area contributed by atoms with Crippen molar-refractivity contribution in [3.05, 3.63) is 60.0 Å². The Labute approximate surface area is 176 Å². The van der Waals surface area contributed by atoms with E-state index < -0.39 is 12.5 Å². The molecule has 4 rings (SSSR count). The van der Waals surface area contributed by atoms with Gasteiger partial charge in [-0.05, 0) is 48.4 Å². The van der Waals surface area contributed by atoms with Gasteiger partial charge in [-0.15, -0.1) is 13.2 Å². The molecule has 10 heteroatoms. The van der Waals surface area contributed by atoms with Gasteiger partial charge in [0, 0.05) is 18.7 Å². The number of halogens is 3. The van der Waals surface area contributed by atoms with Gasteiger partial charge in [-0.3, -0.25) is 4.90 Å². The zero-order valence-corrected chi connectivity index (χ0v) is 16.5. The van der Waals surface area contributed by atoms with Crippen molar-refractivity contribution < 1.29 is 32.3 Å². The average Bonchev–Trinajstić information content (AvgIpc) is 3.35. The summed E-state index contributed by atoms with van der Waals surface area (Å²) in [6, 6.07) is 12.6. The molecule has 31 heavy (non-hydrogen) atoms. The molecule has 1 aromatic heterocycles. The molecular weight excluding hydrogens is 415 g/mol. The van der Waals surface area contributed by atoms with Crippen molar-refractivity contribution in [2.45, 2.75) is 31.5 Å². The number of nitrogens with zero attached hydrogens (tertiary/aromatic N) is 3. The Kier molecular flexibility index (Phi) is 5.84. The summed E-state index contributed by atoms with van der Waals surface area (Å²) in [6.45, 7) is 1.03. The third-order valence-electron chi connectivity index (χ3n) is 5.00. The van der Waals surface area contributed by atoms with Crippen LogP contribution >= 0.6 is 0 Å². The zero-order chi connectivity index (χ0) is 22.0. The van der Waals surface area contributed by atoms with Crippen LogP contribution in [0.4, 0.5) is 13.2 Å². The third-order valence-corrected chi connectivity index (χ3v) is 5.00. The topological polar surface area (TPSA) is 80.9 Å². The van der Waals surface area contributed by atoms with E-state index in [4.69, 9.17) is 9.26 Å². The lowest BCUT2D eigenvalue weighted by Crippen LogP contribution is -2.24. The highest BCUT2D eigenvalue weighted by molar-refractivity contribution is 5.55. The average molecular weight is 435 g/mol. The molecule has 164 valence electrons. The molecular formula is C21H20F3N3O4. The van der Waals surface area contributed by atoms with Gasteiger partial charge in [0.15, 0.2) is 0 Å². The van der Waals surface area contributed by atoms with Crippen LogP contribution in [0.2, 0.25) is 0 Å². The second-order valence-corrected chi connectivity index (χ2v) is 7.21. The number of hydrogen-bond acceptors (Lipinski definition) is 7. The lowest BCUT2D eigenvalue weighted by molar-refractivity contribution is -0.274. The van der Waals surface area contributed by atoms with E-state index in [-0.39, 0.29) is 17.6 Å². The zero-order valence-electron chi connectivity index (χ0n) is 16.5. The molecule has 1 aliphatic heterocycles. The number of methoxy groups -OCH3 is 1. The highest BCUT2D eigenvalue weighted by atomic mass is 19.4. The van der Waals surface area contributed by atoms with Crippen LogP contribution in [-0.4, -0.2) is 46.3 Å². The lowest BCUT2D eigenvalue weighted by Gasteiger charge is -2.21. The first kappa shape index (κ1) is 21.1. The lowest BCUT2D eigenvalue weighted by atomic mass is 10.1. The van der Waals surface area contributed by atoms with Gasteiger partial charge >= 0.3 is 6.36 Å². The fraction of sp³-hybridized carbons (Fsp3) is 0.333.